The number of nitrogens with one attached hydrogen (secondary N) is 1. The molecule has 2 aliphatic heterocycles. The summed E-state index contributed by atoms with van der Waals surface area (Å²) in [6, 6.07) is 18.7. The molecule has 2 aromatic rings. The Morgan fingerprint density at radius 3 is 2.53 bits per heavy atom. The van der Waals surface area contributed by atoms with Crippen LogP contribution in [0.4, 0.5) is 0 Å². The lowest BCUT2D eigenvalue weighted by molar-refractivity contribution is 0.0487. The second-order valence-electron chi connectivity index (χ2n) is 9.12. The molecule has 4 rings (SSSR count). The van der Waals surface area contributed by atoms with Crippen molar-refractivity contribution >= 4 is 5.91 Å². The SMILES string of the molecule is CC1CCCN(Cc2ccc(C(=O)NCC3(c4ccccc4)CCOCC3)cc2)C1. The van der Waals surface area contributed by atoms with Gasteiger partial charge in [0.2, 0.25) is 0 Å². The van der Waals surface area contributed by atoms with Crippen molar-refractivity contribution < 1.29 is 9.53 Å². The predicted octanol–water partition coefficient (Wildman–Crippen LogP) is 4.40. The van der Waals surface area contributed by atoms with Crippen molar-refractivity contribution in [1.82, 2.24) is 10.2 Å². The van der Waals surface area contributed by atoms with Gasteiger partial charge in [-0.15, -0.1) is 0 Å². The van der Waals surface area contributed by atoms with Crippen LogP contribution in [0.2, 0.25) is 0 Å². The monoisotopic (exact) mass is 406 g/mol. The first-order valence-corrected chi connectivity index (χ1v) is 11.4. The molecule has 2 fully saturated rings. The molecule has 0 radical (unpaired) electrons. The van der Waals surface area contributed by atoms with Gasteiger partial charge in [0.1, 0.15) is 0 Å². The molecular formula is C26H34N2O2. The third kappa shape index (κ3) is 5.11. The van der Waals surface area contributed by atoms with E-state index in [4.69, 9.17) is 4.74 Å². The molecule has 1 N–H and O–H groups in total. The van der Waals surface area contributed by atoms with E-state index in [1.54, 1.807) is 0 Å². The van der Waals surface area contributed by atoms with Crippen molar-refractivity contribution in [1.29, 1.82) is 0 Å². The standard InChI is InChI=1S/C26H34N2O2/c1-21-6-5-15-28(18-21)19-22-9-11-23(12-10-22)25(29)27-20-26(13-16-30-17-14-26)24-7-3-2-4-8-24/h2-4,7-12,21H,5-6,13-20H2,1H3,(H,27,29). The Morgan fingerprint density at radius 2 is 1.83 bits per heavy atom. The summed E-state index contributed by atoms with van der Waals surface area (Å²) in [5.74, 6) is 0.792. The van der Waals surface area contributed by atoms with Crippen molar-refractivity contribution in [3.05, 3.63) is 71.3 Å². The number of hydrogen-bond donors (Lipinski definition) is 1. The Bertz CT molecular complexity index is 813. The lowest BCUT2D eigenvalue weighted by Gasteiger charge is -2.38. The molecule has 2 aromatic carbocycles. The third-order valence-corrected chi connectivity index (χ3v) is 6.79. The van der Waals surface area contributed by atoms with Gasteiger partial charge < -0.3 is 10.1 Å². The van der Waals surface area contributed by atoms with Crippen LogP contribution in [-0.2, 0) is 16.7 Å². The average molecular weight is 407 g/mol. The zero-order valence-electron chi connectivity index (χ0n) is 18.1. The van der Waals surface area contributed by atoms with Crippen molar-refractivity contribution in [3.8, 4) is 0 Å². The van der Waals surface area contributed by atoms with Gasteiger partial charge in [0.25, 0.3) is 5.91 Å². The van der Waals surface area contributed by atoms with Crippen LogP contribution in [-0.4, -0.2) is 43.7 Å². The maximum atomic E-state index is 12.9. The van der Waals surface area contributed by atoms with Gasteiger partial charge in [-0.2, -0.15) is 0 Å². The van der Waals surface area contributed by atoms with Crippen LogP contribution in [0.1, 0.15) is 54.1 Å². The first-order chi connectivity index (χ1) is 14.6. The Kier molecular flexibility index (Phi) is 6.86. The molecule has 1 atom stereocenters. The highest BCUT2D eigenvalue weighted by Gasteiger charge is 2.34. The number of nitrogens with zero attached hydrogens (tertiary/aromatic N) is 1. The molecular weight excluding hydrogens is 372 g/mol. The van der Waals surface area contributed by atoms with Gasteiger partial charge in [-0.25, -0.2) is 0 Å². The molecule has 0 aromatic heterocycles. The van der Waals surface area contributed by atoms with E-state index in [9.17, 15) is 4.79 Å². The van der Waals surface area contributed by atoms with E-state index in [2.05, 4.69) is 53.5 Å². The fourth-order valence-corrected chi connectivity index (χ4v) is 4.92. The number of carbonyl (C=O) groups excluding carboxylic acids is 1. The van der Waals surface area contributed by atoms with E-state index in [1.165, 1.54) is 37.1 Å². The Morgan fingerprint density at radius 1 is 1.10 bits per heavy atom. The van der Waals surface area contributed by atoms with Gasteiger partial charge >= 0.3 is 0 Å². The van der Waals surface area contributed by atoms with Gasteiger partial charge in [-0.1, -0.05) is 49.4 Å². The normalized spacial score (nSPS) is 21.8. The van der Waals surface area contributed by atoms with E-state index in [0.717, 1.165) is 44.1 Å². The number of ether oxygens (including phenoxy) is 1. The molecule has 1 unspecified atom stereocenters. The van der Waals surface area contributed by atoms with E-state index >= 15 is 0 Å². The third-order valence-electron chi connectivity index (χ3n) is 6.79. The second-order valence-corrected chi connectivity index (χ2v) is 9.12. The van der Waals surface area contributed by atoms with Gasteiger partial charge in [0.05, 0.1) is 0 Å². The highest BCUT2D eigenvalue weighted by molar-refractivity contribution is 5.94. The molecule has 0 bridgehead atoms. The van der Waals surface area contributed by atoms with Crippen molar-refractivity contribution in [2.45, 2.75) is 44.6 Å². The molecule has 4 heteroatoms. The largest absolute Gasteiger partial charge is 0.381 e. The number of carbonyl (C=O) groups is 1. The Labute approximate surface area is 180 Å². The summed E-state index contributed by atoms with van der Waals surface area (Å²) in [7, 11) is 0. The molecule has 4 nitrogen and oxygen atoms in total. The maximum absolute atomic E-state index is 12.9. The molecule has 2 heterocycles. The fraction of sp³-hybridized carbons (Fsp3) is 0.500. The quantitative estimate of drug-likeness (QED) is 0.773. The Hall–Kier alpha value is -2.17. The van der Waals surface area contributed by atoms with E-state index < -0.39 is 0 Å². The van der Waals surface area contributed by atoms with Crippen LogP contribution in [0.25, 0.3) is 0 Å². The Balaban J connectivity index is 1.37. The molecule has 2 saturated heterocycles. The molecule has 1 amide bonds. The minimum absolute atomic E-state index is 0.00921. The molecule has 0 spiro atoms. The molecule has 0 saturated carbocycles. The summed E-state index contributed by atoms with van der Waals surface area (Å²) in [5, 5.41) is 3.21. The molecule has 0 aliphatic carbocycles. The highest BCUT2D eigenvalue weighted by Crippen LogP contribution is 2.34. The average Bonchev–Trinajstić information content (AvgIpc) is 2.79. The summed E-state index contributed by atoms with van der Waals surface area (Å²) in [4.78, 5) is 15.4. The van der Waals surface area contributed by atoms with Crippen LogP contribution in [0.15, 0.2) is 54.6 Å². The zero-order valence-corrected chi connectivity index (χ0v) is 18.1. The topological polar surface area (TPSA) is 41.6 Å². The van der Waals surface area contributed by atoms with Crippen molar-refractivity contribution in [2.75, 3.05) is 32.8 Å². The number of piperidine rings is 1. The summed E-state index contributed by atoms with van der Waals surface area (Å²) >= 11 is 0. The lowest BCUT2D eigenvalue weighted by atomic mass is 9.74. The van der Waals surface area contributed by atoms with Crippen molar-refractivity contribution in [2.24, 2.45) is 5.92 Å². The number of hydrogen-bond acceptors (Lipinski definition) is 3. The predicted molar refractivity (Wildman–Crippen MR) is 121 cm³/mol. The van der Waals surface area contributed by atoms with Crippen LogP contribution in [0.3, 0.4) is 0 Å². The molecule has 160 valence electrons. The number of likely N-dealkylation sites (tertiary alicyclic amines) is 1. The summed E-state index contributed by atoms with van der Waals surface area (Å²) < 4.78 is 5.60. The van der Waals surface area contributed by atoms with Crippen LogP contribution in [0.5, 0.6) is 0 Å². The minimum Gasteiger partial charge on any atom is -0.381 e. The number of benzene rings is 2. The van der Waals surface area contributed by atoms with Gasteiger partial charge in [-0.3, -0.25) is 9.69 Å². The van der Waals surface area contributed by atoms with Crippen molar-refractivity contribution in [3.63, 3.8) is 0 Å². The molecule has 2 aliphatic rings. The fourth-order valence-electron chi connectivity index (χ4n) is 4.92. The van der Waals surface area contributed by atoms with Crippen LogP contribution in [0, 0.1) is 5.92 Å². The van der Waals surface area contributed by atoms with Gasteiger partial charge in [0, 0.05) is 43.8 Å². The smallest absolute Gasteiger partial charge is 0.251 e. The minimum atomic E-state index is -0.0416. The van der Waals surface area contributed by atoms with Gasteiger partial charge in [0.15, 0.2) is 0 Å². The lowest BCUT2D eigenvalue weighted by Crippen LogP contribution is -2.44. The first-order valence-electron chi connectivity index (χ1n) is 11.4. The van der Waals surface area contributed by atoms with Gasteiger partial charge in [-0.05, 0) is 61.4 Å². The highest BCUT2D eigenvalue weighted by atomic mass is 16.5. The maximum Gasteiger partial charge on any atom is 0.251 e. The molecule has 30 heavy (non-hydrogen) atoms. The van der Waals surface area contributed by atoms with Crippen LogP contribution < -0.4 is 5.32 Å². The zero-order chi connectivity index (χ0) is 20.8. The summed E-state index contributed by atoms with van der Waals surface area (Å²) in [6.45, 7) is 7.80. The number of amides is 1. The van der Waals surface area contributed by atoms with Crippen LogP contribution >= 0.6 is 0 Å². The second kappa shape index (κ2) is 9.76. The van der Waals surface area contributed by atoms with E-state index in [-0.39, 0.29) is 11.3 Å². The summed E-state index contributed by atoms with van der Waals surface area (Å²) in [5.41, 5.74) is 3.27. The van der Waals surface area contributed by atoms with E-state index in [1.807, 2.05) is 18.2 Å². The summed E-state index contributed by atoms with van der Waals surface area (Å²) in [6.07, 6.45) is 4.50. The first kappa shape index (κ1) is 21.1. The number of rotatable bonds is 6. The van der Waals surface area contributed by atoms with E-state index in [0.29, 0.717) is 6.54 Å².